The van der Waals surface area contributed by atoms with Gasteiger partial charge in [0.1, 0.15) is 18.1 Å². The molecule has 0 saturated heterocycles. The quantitative estimate of drug-likeness (QED) is 0.349. The maximum absolute atomic E-state index is 13.3. The van der Waals surface area contributed by atoms with E-state index in [0.717, 1.165) is 6.07 Å². The Morgan fingerprint density at radius 3 is 1.85 bits per heavy atom. The first-order valence-corrected chi connectivity index (χ1v) is 9.06. The van der Waals surface area contributed by atoms with Crippen molar-refractivity contribution in [3.8, 4) is 0 Å². The fourth-order valence-electron chi connectivity index (χ4n) is 1.82. The molecule has 0 aliphatic rings. The third-order valence-electron chi connectivity index (χ3n) is 3.00. The number of hydrogen-bond acceptors (Lipinski definition) is 4. The number of carboxylic acid groups (broad SMARTS) is 1. The van der Waals surface area contributed by atoms with Crippen LogP contribution in [-0.2, 0) is 9.53 Å². The van der Waals surface area contributed by atoms with E-state index in [0.29, 0.717) is 8.95 Å². The van der Waals surface area contributed by atoms with Crippen molar-refractivity contribution in [3.63, 3.8) is 0 Å². The van der Waals surface area contributed by atoms with Gasteiger partial charge in [0.2, 0.25) is 0 Å². The zero-order chi connectivity index (χ0) is 20.6. The van der Waals surface area contributed by atoms with Crippen LogP contribution in [0.25, 0.3) is 0 Å². The zero-order valence-electron chi connectivity index (χ0n) is 14.0. The van der Waals surface area contributed by atoms with Crippen LogP contribution in [0.5, 0.6) is 0 Å². The van der Waals surface area contributed by atoms with Gasteiger partial charge in [-0.05, 0) is 43.3 Å². The van der Waals surface area contributed by atoms with Gasteiger partial charge in [0, 0.05) is 8.95 Å². The van der Waals surface area contributed by atoms with Crippen LogP contribution in [0.3, 0.4) is 0 Å². The van der Waals surface area contributed by atoms with E-state index < -0.39 is 35.8 Å². The first-order chi connectivity index (χ1) is 12.6. The van der Waals surface area contributed by atoms with Gasteiger partial charge in [0.05, 0.1) is 17.7 Å². The summed E-state index contributed by atoms with van der Waals surface area (Å²) in [5, 5.41) is 8.40. The predicted molar refractivity (Wildman–Crippen MR) is 101 cm³/mol. The third kappa shape index (κ3) is 7.56. The van der Waals surface area contributed by atoms with E-state index >= 15 is 0 Å². The lowest BCUT2D eigenvalue weighted by molar-refractivity contribution is -0.141. The number of carbonyl (C=O) groups is 3. The molecule has 0 aromatic heterocycles. The minimum atomic E-state index is -1.25. The van der Waals surface area contributed by atoms with Gasteiger partial charge < -0.3 is 9.84 Å². The van der Waals surface area contributed by atoms with Gasteiger partial charge in [-0.3, -0.25) is 9.59 Å². The normalized spacial score (nSPS) is 9.81. The van der Waals surface area contributed by atoms with Crippen LogP contribution < -0.4 is 0 Å². The molecule has 9 heteroatoms. The second kappa shape index (κ2) is 10.9. The molecule has 144 valence electrons. The van der Waals surface area contributed by atoms with Crippen LogP contribution in [0, 0.1) is 11.6 Å². The fraction of sp³-hybridized carbons (Fsp3) is 0.167. The van der Waals surface area contributed by atoms with E-state index in [1.54, 1.807) is 13.0 Å². The Balaban J connectivity index is 0.000000289. The van der Waals surface area contributed by atoms with Crippen molar-refractivity contribution in [1.82, 2.24) is 0 Å². The number of esters is 1. The van der Waals surface area contributed by atoms with Crippen molar-refractivity contribution in [2.75, 3.05) is 6.61 Å². The summed E-state index contributed by atoms with van der Waals surface area (Å²) in [5.74, 6) is -3.86. The van der Waals surface area contributed by atoms with E-state index in [4.69, 9.17) is 5.11 Å². The summed E-state index contributed by atoms with van der Waals surface area (Å²) >= 11 is 6.09. The first-order valence-electron chi connectivity index (χ1n) is 7.47. The Labute approximate surface area is 170 Å². The summed E-state index contributed by atoms with van der Waals surface area (Å²) < 4.78 is 31.7. The molecule has 0 heterocycles. The number of halogens is 4. The summed E-state index contributed by atoms with van der Waals surface area (Å²) in [6.45, 7) is 1.84. The summed E-state index contributed by atoms with van der Waals surface area (Å²) in [6, 6.07) is 7.86. The zero-order valence-corrected chi connectivity index (χ0v) is 17.1. The number of benzene rings is 2. The largest absolute Gasteiger partial charge is 0.478 e. The summed E-state index contributed by atoms with van der Waals surface area (Å²) in [7, 11) is 0. The Morgan fingerprint density at radius 1 is 0.963 bits per heavy atom. The average molecular weight is 508 g/mol. The number of carboxylic acids is 1. The van der Waals surface area contributed by atoms with Crippen molar-refractivity contribution in [1.29, 1.82) is 0 Å². The van der Waals surface area contributed by atoms with Crippen molar-refractivity contribution in [3.05, 3.63) is 68.1 Å². The topological polar surface area (TPSA) is 80.7 Å². The van der Waals surface area contributed by atoms with Crippen LogP contribution in [0.1, 0.15) is 34.1 Å². The molecule has 0 bridgehead atoms. The van der Waals surface area contributed by atoms with Gasteiger partial charge in [-0.25, -0.2) is 13.6 Å². The smallest absolute Gasteiger partial charge is 0.338 e. The van der Waals surface area contributed by atoms with Crippen LogP contribution in [-0.4, -0.2) is 29.4 Å². The average Bonchev–Trinajstić information content (AvgIpc) is 2.54. The molecule has 27 heavy (non-hydrogen) atoms. The van der Waals surface area contributed by atoms with Crippen molar-refractivity contribution in [2.45, 2.75) is 13.3 Å². The van der Waals surface area contributed by atoms with Crippen molar-refractivity contribution >= 4 is 49.6 Å². The highest BCUT2D eigenvalue weighted by Gasteiger charge is 2.16. The molecule has 0 saturated carbocycles. The minimum Gasteiger partial charge on any atom is -0.478 e. The number of Topliss-reactive ketones (excluding diaryl/α,β-unsaturated/α-hetero) is 1. The highest BCUT2D eigenvalue weighted by molar-refractivity contribution is 9.10. The monoisotopic (exact) mass is 506 g/mol. The molecular formula is C18H14Br2F2O5. The molecule has 0 aliphatic carbocycles. The molecular weight excluding hydrogens is 494 g/mol. The lowest BCUT2D eigenvalue weighted by atomic mass is 10.1. The lowest BCUT2D eigenvalue weighted by Crippen LogP contribution is -2.12. The third-order valence-corrected chi connectivity index (χ3v) is 3.99. The standard InChI is InChI=1S/C11H10BrFO3.C7H4BrFO2/c1-2-16-11(15)6-10(14)8-4-3-7(12)5-9(8)13;8-4-1-2-5(7(10)11)6(9)3-4/h3-5H,2,6H2,1H3;1-3H,(H,10,11). The van der Waals surface area contributed by atoms with Crippen LogP contribution in [0.15, 0.2) is 45.3 Å². The number of hydrogen-bond donors (Lipinski definition) is 1. The van der Waals surface area contributed by atoms with E-state index in [1.165, 1.54) is 24.3 Å². The fourth-order valence-corrected chi connectivity index (χ4v) is 2.48. The first kappa shape index (κ1) is 22.9. The van der Waals surface area contributed by atoms with Gasteiger partial charge in [-0.15, -0.1) is 0 Å². The maximum atomic E-state index is 13.3. The number of carbonyl (C=O) groups excluding carboxylic acids is 2. The number of ether oxygens (including phenoxy) is 1. The number of ketones is 1. The molecule has 0 atom stereocenters. The minimum absolute atomic E-state index is 0.101. The highest BCUT2D eigenvalue weighted by Crippen LogP contribution is 2.17. The molecule has 0 unspecified atom stereocenters. The predicted octanol–water partition coefficient (Wildman–Crippen LogP) is 5.01. The highest BCUT2D eigenvalue weighted by atomic mass is 79.9. The Hall–Kier alpha value is -2.13. The summed E-state index contributed by atoms with van der Waals surface area (Å²) in [4.78, 5) is 32.8. The molecule has 0 spiro atoms. The SMILES string of the molecule is CCOC(=O)CC(=O)c1ccc(Br)cc1F.O=C(O)c1ccc(Br)cc1F. The molecule has 0 fully saturated rings. The van der Waals surface area contributed by atoms with Crippen LogP contribution in [0.4, 0.5) is 8.78 Å². The van der Waals surface area contributed by atoms with E-state index in [9.17, 15) is 23.2 Å². The molecule has 2 rings (SSSR count). The molecule has 0 radical (unpaired) electrons. The van der Waals surface area contributed by atoms with Gasteiger partial charge in [0.25, 0.3) is 0 Å². The molecule has 2 aromatic rings. The molecule has 0 aliphatic heterocycles. The maximum Gasteiger partial charge on any atom is 0.338 e. The summed E-state index contributed by atoms with van der Waals surface area (Å²) in [6.07, 6.45) is -0.438. The van der Waals surface area contributed by atoms with Crippen molar-refractivity contribution < 1.29 is 33.0 Å². The number of aromatic carboxylic acids is 1. The van der Waals surface area contributed by atoms with Gasteiger partial charge >= 0.3 is 11.9 Å². The second-order valence-corrected chi connectivity index (χ2v) is 6.79. The second-order valence-electron chi connectivity index (χ2n) is 4.96. The van der Waals surface area contributed by atoms with Gasteiger partial charge in [0.15, 0.2) is 5.78 Å². The Bertz CT molecular complexity index is 856. The Kier molecular flexibility index (Phi) is 9.23. The summed E-state index contributed by atoms with van der Waals surface area (Å²) in [5.41, 5.74) is -0.413. The van der Waals surface area contributed by atoms with Crippen LogP contribution in [0.2, 0.25) is 0 Å². The van der Waals surface area contributed by atoms with E-state index in [2.05, 4.69) is 36.6 Å². The van der Waals surface area contributed by atoms with Crippen molar-refractivity contribution in [2.24, 2.45) is 0 Å². The molecule has 0 amide bonds. The van der Waals surface area contributed by atoms with Crippen LogP contribution >= 0.6 is 31.9 Å². The van der Waals surface area contributed by atoms with Gasteiger partial charge in [-0.2, -0.15) is 0 Å². The molecule has 1 N–H and O–H groups in total. The van der Waals surface area contributed by atoms with Gasteiger partial charge in [-0.1, -0.05) is 31.9 Å². The van der Waals surface area contributed by atoms with E-state index in [-0.39, 0.29) is 17.7 Å². The number of rotatable bonds is 5. The molecule has 5 nitrogen and oxygen atoms in total. The van der Waals surface area contributed by atoms with E-state index in [1.807, 2.05) is 0 Å². The molecule has 2 aromatic carbocycles. The Morgan fingerprint density at radius 2 is 1.44 bits per heavy atom. The lowest BCUT2D eigenvalue weighted by Gasteiger charge is -2.03.